The Hall–Kier alpha value is -0.980. The van der Waals surface area contributed by atoms with Crippen molar-refractivity contribution in [3.05, 3.63) is 45.1 Å². The zero-order chi connectivity index (χ0) is 13.8. The van der Waals surface area contributed by atoms with Crippen LogP contribution in [0.3, 0.4) is 0 Å². The average Bonchev–Trinajstić information content (AvgIpc) is 2.85. The summed E-state index contributed by atoms with van der Waals surface area (Å²) in [6, 6.07) is 10.6. The molecule has 1 atom stereocenters. The molecule has 3 nitrogen and oxygen atoms in total. The third-order valence-electron chi connectivity index (χ3n) is 2.42. The lowest BCUT2D eigenvalue weighted by atomic mass is 10.3. The Morgan fingerprint density at radius 3 is 2.68 bits per heavy atom. The molecule has 19 heavy (non-hydrogen) atoms. The van der Waals surface area contributed by atoms with Crippen LogP contribution in [0.2, 0.25) is 0 Å². The van der Waals surface area contributed by atoms with Crippen LogP contribution in [-0.4, -0.2) is 22.9 Å². The fourth-order valence-corrected chi connectivity index (χ4v) is 4.11. The number of carbonyl (C=O) groups is 1. The quantitative estimate of drug-likeness (QED) is 0.768. The lowest BCUT2D eigenvalue weighted by molar-refractivity contribution is 0.102. The monoisotopic (exact) mass is 358 g/mol. The number of halogens is 1. The van der Waals surface area contributed by atoms with Gasteiger partial charge < -0.3 is 4.74 Å². The molecule has 0 radical (unpaired) electrons. The summed E-state index contributed by atoms with van der Waals surface area (Å²) in [6.45, 7) is 0. The highest BCUT2D eigenvalue weighted by Gasteiger charge is 2.16. The Kier molecular flexibility index (Phi) is 4.90. The predicted molar refractivity (Wildman–Crippen MR) is 80.6 cm³/mol. The van der Waals surface area contributed by atoms with Crippen LogP contribution in [-0.2, 0) is 10.8 Å². The number of hydrogen-bond donors (Lipinski definition) is 0. The van der Waals surface area contributed by atoms with Gasteiger partial charge in [0.1, 0.15) is 5.75 Å². The Bertz CT molecular complexity index is 622. The van der Waals surface area contributed by atoms with Crippen molar-refractivity contribution in [3.8, 4) is 5.75 Å². The molecule has 0 fully saturated rings. The van der Waals surface area contributed by atoms with Crippen LogP contribution in [0.25, 0.3) is 0 Å². The number of thiophene rings is 1. The molecule has 0 aliphatic heterocycles. The molecule has 0 saturated heterocycles. The summed E-state index contributed by atoms with van der Waals surface area (Å²) in [5.41, 5.74) is 0. The SMILES string of the molecule is COc1ccccc1S(=O)CC(=O)c1ccc(Br)s1. The average molecular weight is 359 g/mol. The minimum absolute atomic E-state index is 0.0344. The van der Waals surface area contributed by atoms with Gasteiger partial charge >= 0.3 is 0 Å². The Balaban J connectivity index is 2.15. The van der Waals surface area contributed by atoms with E-state index in [0.717, 1.165) is 3.79 Å². The van der Waals surface area contributed by atoms with Crippen molar-refractivity contribution < 1.29 is 13.7 Å². The normalized spacial score (nSPS) is 12.1. The van der Waals surface area contributed by atoms with Gasteiger partial charge in [-0.3, -0.25) is 9.00 Å². The van der Waals surface area contributed by atoms with Crippen molar-refractivity contribution in [2.24, 2.45) is 0 Å². The number of rotatable bonds is 5. The number of methoxy groups -OCH3 is 1. The van der Waals surface area contributed by atoms with Crippen molar-refractivity contribution >= 4 is 43.8 Å². The van der Waals surface area contributed by atoms with E-state index in [-0.39, 0.29) is 11.5 Å². The van der Waals surface area contributed by atoms with Crippen LogP contribution in [0.1, 0.15) is 9.67 Å². The summed E-state index contributed by atoms with van der Waals surface area (Å²) in [7, 11) is 0.123. The second-order valence-electron chi connectivity index (χ2n) is 3.67. The molecule has 100 valence electrons. The van der Waals surface area contributed by atoms with E-state index in [2.05, 4.69) is 15.9 Å². The highest BCUT2D eigenvalue weighted by Crippen LogP contribution is 2.25. The Morgan fingerprint density at radius 1 is 1.32 bits per heavy atom. The van der Waals surface area contributed by atoms with Crippen LogP contribution >= 0.6 is 27.3 Å². The molecule has 0 spiro atoms. The van der Waals surface area contributed by atoms with Gasteiger partial charge in [0.05, 0.1) is 37.2 Å². The molecular formula is C13H11BrO3S2. The van der Waals surface area contributed by atoms with Crippen LogP contribution in [0.15, 0.2) is 45.1 Å². The summed E-state index contributed by atoms with van der Waals surface area (Å²) in [4.78, 5) is 13.2. The van der Waals surface area contributed by atoms with Gasteiger partial charge in [-0.05, 0) is 40.2 Å². The number of benzene rings is 1. The van der Waals surface area contributed by atoms with Crippen molar-refractivity contribution in [2.75, 3.05) is 12.9 Å². The minimum Gasteiger partial charge on any atom is -0.495 e. The Labute approximate surface area is 126 Å². The zero-order valence-electron chi connectivity index (χ0n) is 10.1. The molecule has 1 unspecified atom stereocenters. The van der Waals surface area contributed by atoms with E-state index in [0.29, 0.717) is 15.5 Å². The van der Waals surface area contributed by atoms with Crippen LogP contribution in [0, 0.1) is 0 Å². The molecule has 1 aromatic carbocycles. The van der Waals surface area contributed by atoms with Crippen LogP contribution in [0.4, 0.5) is 0 Å². The maximum Gasteiger partial charge on any atom is 0.185 e. The fourth-order valence-electron chi connectivity index (χ4n) is 1.54. The zero-order valence-corrected chi connectivity index (χ0v) is 13.3. The molecular weight excluding hydrogens is 348 g/mol. The molecule has 0 amide bonds. The maximum atomic E-state index is 12.2. The maximum absolute atomic E-state index is 12.2. The summed E-state index contributed by atoms with van der Waals surface area (Å²) >= 11 is 4.65. The van der Waals surface area contributed by atoms with Gasteiger partial charge in [-0.2, -0.15) is 0 Å². The molecule has 0 aliphatic rings. The first-order valence-electron chi connectivity index (χ1n) is 5.41. The fraction of sp³-hybridized carbons (Fsp3) is 0.154. The lowest BCUT2D eigenvalue weighted by Crippen LogP contribution is -2.10. The summed E-state index contributed by atoms with van der Waals surface area (Å²) in [5, 5.41) is 0. The first kappa shape index (κ1) is 14.4. The number of Topliss-reactive ketones (excluding diaryl/α,β-unsaturated/α-hetero) is 1. The molecule has 1 aromatic heterocycles. The molecule has 2 aromatic rings. The molecule has 0 aliphatic carbocycles. The molecule has 6 heteroatoms. The van der Waals surface area contributed by atoms with Gasteiger partial charge in [-0.15, -0.1) is 11.3 Å². The van der Waals surface area contributed by atoms with E-state index in [1.54, 1.807) is 30.3 Å². The third kappa shape index (κ3) is 3.52. The molecule has 0 saturated carbocycles. The summed E-state index contributed by atoms with van der Waals surface area (Å²) in [5.74, 6) is 0.383. The van der Waals surface area contributed by atoms with E-state index in [1.165, 1.54) is 18.4 Å². The second kappa shape index (κ2) is 6.45. The third-order valence-corrected chi connectivity index (χ3v) is 5.44. The summed E-state index contributed by atoms with van der Waals surface area (Å²) in [6.07, 6.45) is 0. The number of hydrogen-bond acceptors (Lipinski definition) is 4. The topological polar surface area (TPSA) is 43.4 Å². The second-order valence-corrected chi connectivity index (χ2v) is 7.55. The van der Waals surface area contributed by atoms with E-state index in [9.17, 15) is 9.00 Å². The van der Waals surface area contributed by atoms with Crippen molar-refractivity contribution in [3.63, 3.8) is 0 Å². The van der Waals surface area contributed by atoms with E-state index < -0.39 is 10.8 Å². The van der Waals surface area contributed by atoms with Gasteiger partial charge in [-0.25, -0.2) is 0 Å². The lowest BCUT2D eigenvalue weighted by Gasteiger charge is -2.06. The van der Waals surface area contributed by atoms with Crippen LogP contribution < -0.4 is 4.74 Å². The van der Waals surface area contributed by atoms with Gasteiger partial charge in [0.15, 0.2) is 5.78 Å². The highest BCUT2D eigenvalue weighted by molar-refractivity contribution is 9.11. The smallest absolute Gasteiger partial charge is 0.185 e. The van der Waals surface area contributed by atoms with E-state index in [1.807, 2.05) is 6.07 Å². The predicted octanol–water partition coefficient (Wildman–Crippen LogP) is 3.51. The number of para-hydroxylation sites is 1. The summed E-state index contributed by atoms with van der Waals surface area (Å²) < 4.78 is 18.3. The van der Waals surface area contributed by atoms with Crippen molar-refractivity contribution in [1.29, 1.82) is 0 Å². The van der Waals surface area contributed by atoms with Gasteiger partial charge in [0.2, 0.25) is 0 Å². The molecule has 0 N–H and O–H groups in total. The van der Waals surface area contributed by atoms with Crippen molar-refractivity contribution in [2.45, 2.75) is 4.90 Å². The van der Waals surface area contributed by atoms with Crippen molar-refractivity contribution in [1.82, 2.24) is 0 Å². The van der Waals surface area contributed by atoms with E-state index in [4.69, 9.17) is 4.74 Å². The number of ether oxygens (including phenoxy) is 1. The van der Waals surface area contributed by atoms with Gasteiger partial charge in [0, 0.05) is 0 Å². The first-order chi connectivity index (χ1) is 9.11. The minimum atomic E-state index is -1.40. The number of carbonyl (C=O) groups excluding carboxylic acids is 1. The molecule has 2 rings (SSSR count). The number of ketones is 1. The highest BCUT2D eigenvalue weighted by atomic mass is 79.9. The molecule has 1 heterocycles. The Morgan fingerprint density at radius 2 is 2.05 bits per heavy atom. The molecule has 0 bridgehead atoms. The van der Waals surface area contributed by atoms with Crippen LogP contribution in [0.5, 0.6) is 5.75 Å². The van der Waals surface area contributed by atoms with Gasteiger partial charge in [0.25, 0.3) is 0 Å². The first-order valence-corrected chi connectivity index (χ1v) is 8.34. The largest absolute Gasteiger partial charge is 0.495 e. The van der Waals surface area contributed by atoms with E-state index >= 15 is 0 Å². The van der Waals surface area contributed by atoms with Gasteiger partial charge in [-0.1, -0.05) is 12.1 Å². The standard InChI is InChI=1S/C13H11BrO3S2/c1-17-10-4-2-3-5-12(10)19(16)8-9(15)11-6-7-13(14)18-11/h2-7H,8H2,1H3.